The van der Waals surface area contributed by atoms with E-state index in [1.165, 1.54) is 77.0 Å². The first-order valence-corrected chi connectivity index (χ1v) is 24.0. The lowest BCUT2D eigenvalue weighted by atomic mass is 10.0. The van der Waals surface area contributed by atoms with Crippen molar-refractivity contribution in [3.63, 3.8) is 0 Å². The minimum Gasteiger partial charge on any atom is -0.462 e. The number of rotatable bonds is 40. The van der Waals surface area contributed by atoms with Gasteiger partial charge in [0.15, 0.2) is 6.10 Å². The molecule has 0 fully saturated rings. The van der Waals surface area contributed by atoms with Crippen LogP contribution in [0.25, 0.3) is 0 Å². The molecule has 0 amide bonds. The summed E-state index contributed by atoms with van der Waals surface area (Å²) in [5, 5.41) is 9.91. The van der Waals surface area contributed by atoms with Gasteiger partial charge in [-0.25, -0.2) is 4.57 Å². The highest BCUT2D eigenvalue weighted by Gasteiger charge is 2.27. The van der Waals surface area contributed by atoms with Crippen LogP contribution in [-0.4, -0.2) is 86.1 Å². The van der Waals surface area contributed by atoms with E-state index in [9.17, 15) is 24.2 Å². The van der Waals surface area contributed by atoms with Gasteiger partial charge < -0.3 is 24.0 Å². The molecule has 0 heterocycles. The molecule has 0 aromatic carbocycles. The van der Waals surface area contributed by atoms with Gasteiger partial charge in [-0.1, -0.05) is 172 Å². The molecule has 0 spiro atoms. The maximum absolute atomic E-state index is 12.7. The summed E-state index contributed by atoms with van der Waals surface area (Å²) in [6, 6.07) is 0. The van der Waals surface area contributed by atoms with Crippen LogP contribution < -0.4 is 0 Å². The molecule has 3 atom stereocenters. The molecule has 0 saturated heterocycles. The summed E-state index contributed by atoms with van der Waals surface area (Å²) in [7, 11) is 1.41. The molecule has 0 bridgehead atoms. The maximum Gasteiger partial charge on any atom is 0.472 e. The largest absolute Gasteiger partial charge is 0.472 e. The molecule has 1 unspecified atom stereocenters. The maximum atomic E-state index is 12.7. The van der Waals surface area contributed by atoms with Gasteiger partial charge in [0.2, 0.25) is 0 Å². The summed E-state index contributed by atoms with van der Waals surface area (Å²) in [6.45, 7) is 4.22. The predicted octanol–water partition coefficient (Wildman–Crippen LogP) is 11.7. The Morgan fingerprint density at radius 3 is 1.75 bits per heavy atom. The molecule has 11 heteroatoms. The van der Waals surface area contributed by atoms with Crippen molar-refractivity contribution < 1.29 is 47.2 Å². The summed E-state index contributed by atoms with van der Waals surface area (Å²) in [4.78, 5) is 35.3. The van der Waals surface area contributed by atoms with Crippen LogP contribution in [0.5, 0.6) is 0 Å². The number of likely N-dealkylation sites (N-methyl/N-ethyl adjacent to an activating group) is 1. The first kappa shape index (κ1) is 54.9. The molecule has 0 aliphatic carbocycles. The quantitative estimate of drug-likeness (QED) is 0.0155. The van der Waals surface area contributed by atoms with E-state index in [0.717, 1.165) is 57.8 Å². The molecule has 0 rings (SSSR count). The van der Waals surface area contributed by atoms with E-state index in [1.54, 1.807) is 0 Å². The number of phosphoric acid groups is 1. The van der Waals surface area contributed by atoms with E-state index < -0.39 is 32.5 Å². The second-order valence-corrected chi connectivity index (χ2v) is 17.7. The first-order chi connectivity index (χ1) is 27.4. The Hall–Kier alpha value is -2.07. The minimum atomic E-state index is -4.40. The van der Waals surface area contributed by atoms with Crippen LogP contribution in [0.15, 0.2) is 48.6 Å². The van der Waals surface area contributed by atoms with E-state index in [0.29, 0.717) is 23.9 Å². The summed E-state index contributed by atoms with van der Waals surface area (Å²) >= 11 is 0. The van der Waals surface area contributed by atoms with Crippen LogP contribution >= 0.6 is 7.82 Å². The summed E-state index contributed by atoms with van der Waals surface area (Å²) in [6.07, 6.45) is 40.6. The number of phosphoric ester groups is 1. The summed E-state index contributed by atoms with van der Waals surface area (Å²) in [5.41, 5.74) is 0. The average molecular weight is 827 g/mol. The van der Waals surface area contributed by atoms with Gasteiger partial charge >= 0.3 is 19.8 Å². The lowest BCUT2D eigenvalue weighted by Gasteiger charge is -2.24. The highest BCUT2D eigenvalue weighted by Crippen LogP contribution is 2.43. The molecule has 0 saturated carbocycles. The van der Waals surface area contributed by atoms with E-state index in [-0.39, 0.29) is 32.2 Å². The summed E-state index contributed by atoms with van der Waals surface area (Å²) in [5.74, 6) is -0.888. The van der Waals surface area contributed by atoms with Gasteiger partial charge in [-0.2, -0.15) is 0 Å². The van der Waals surface area contributed by atoms with Gasteiger partial charge in [-0.3, -0.25) is 18.6 Å². The minimum absolute atomic E-state index is 0.0129. The van der Waals surface area contributed by atoms with Gasteiger partial charge in [0.1, 0.15) is 19.8 Å². The highest BCUT2D eigenvalue weighted by atomic mass is 31.2. The fourth-order valence-corrected chi connectivity index (χ4v) is 6.62. The molecule has 0 aliphatic heterocycles. The number of esters is 2. The first-order valence-electron chi connectivity index (χ1n) is 22.5. The molecule has 10 nitrogen and oxygen atoms in total. The number of aliphatic hydroxyl groups excluding tert-OH is 1. The van der Waals surface area contributed by atoms with Gasteiger partial charge in [0.05, 0.1) is 33.9 Å². The highest BCUT2D eigenvalue weighted by molar-refractivity contribution is 7.47. The third-order valence-corrected chi connectivity index (χ3v) is 10.5. The molecule has 0 radical (unpaired) electrons. The third-order valence-electron chi connectivity index (χ3n) is 9.47. The number of aliphatic hydroxyl groups is 1. The molecule has 0 aromatic heterocycles. The Balaban J connectivity index is 4.49. The molecule has 0 aromatic rings. The van der Waals surface area contributed by atoms with Gasteiger partial charge in [-0.05, 0) is 38.5 Å². The number of quaternary nitrogens is 1. The Morgan fingerprint density at radius 2 is 1.16 bits per heavy atom. The Kier molecular flexibility index (Phi) is 36.8. The standard InChI is InChI=1S/C46H84NO9P/c1-6-8-10-11-12-13-14-15-16-17-20-23-26-29-33-37-45(49)53-41-44(42-55-57(51,52)54-40-39-47(3,4)5)56-46(50)38-34-30-27-24-21-18-19-22-25-28-32-36-43(48)35-31-9-7-2/h18-19,24-25,27-28,32,36,43-44,48H,6-17,20-23,26,29-31,33-35,37-42H2,1-5H3/p+1/t43-,44+/m0/s1. The van der Waals surface area contributed by atoms with Crippen molar-refractivity contribution in [3.05, 3.63) is 48.6 Å². The molecule has 57 heavy (non-hydrogen) atoms. The lowest BCUT2D eigenvalue weighted by molar-refractivity contribution is -0.870. The molecule has 0 aliphatic rings. The van der Waals surface area contributed by atoms with Crippen molar-refractivity contribution in [1.82, 2.24) is 0 Å². The fourth-order valence-electron chi connectivity index (χ4n) is 5.88. The van der Waals surface area contributed by atoms with E-state index in [2.05, 4.69) is 26.0 Å². The number of carbonyl (C=O) groups excluding carboxylic acids is 2. The van der Waals surface area contributed by atoms with E-state index >= 15 is 0 Å². The van der Waals surface area contributed by atoms with Crippen molar-refractivity contribution in [2.45, 2.75) is 187 Å². The van der Waals surface area contributed by atoms with Crippen molar-refractivity contribution in [2.75, 3.05) is 47.5 Å². The SMILES string of the molecule is CCCCCCCCCCCCCCCCCC(=O)OC[C@H](COP(=O)(O)OCC[N+](C)(C)C)OC(=O)CCCC=CCC=CCC=CC=C[C@@H](O)CCCCC. The Morgan fingerprint density at radius 1 is 0.632 bits per heavy atom. The fraction of sp³-hybridized carbons (Fsp3) is 0.783. The number of carbonyl (C=O) groups is 2. The topological polar surface area (TPSA) is 129 Å². The molecule has 332 valence electrons. The number of ether oxygens (including phenoxy) is 2. The molecule has 2 N–H and O–H groups in total. The zero-order valence-corrected chi connectivity index (χ0v) is 37.8. The van der Waals surface area contributed by atoms with Gasteiger partial charge in [-0.15, -0.1) is 0 Å². The van der Waals surface area contributed by atoms with Crippen LogP contribution in [0.4, 0.5) is 0 Å². The van der Waals surface area contributed by atoms with Crippen LogP contribution in [0, 0.1) is 0 Å². The number of hydrogen-bond donors (Lipinski definition) is 2. The van der Waals surface area contributed by atoms with Gasteiger partial charge in [0, 0.05) is 12.8 Å². The Labute approximate surface area is 348 Å². The normalized spacial score (nSPS) is 14.6. The molecular weight excluding hydrogens is 741 g/mol. The van der Waals surface area contributed by atoms with Crippen molar-refractivity contribution in [1.29, 1.82) is 0 Å². The van der Waals surface area contributed by atoms with Crippen LogP contribution in [0.1, 0.15) is 174 Å². The van der Waals surface area contributed by atoms with Crippen LogP contribution in [0.3, 0.4) is 0 Å². The second kappa shape index (κ2) is 38.2. The van der Waals surface area contributed by atoms with Gasteiger partial charge in [0.25, 0.3) is 0 Å². The van der Waals surface area contributed by atoms with Crippen molar-refractivity contribution in [2.24, 2.45) is 0 Å². The Bertz CT molecular complexity index is 1130. The van der Waals surface area contributed by atoms with E-state index in [4.69, 9.17) is 18.5 Å². The monoisotopic (exact) mass is 827 g/mol. The lowest BCUT2D eigenvalue weighted by Crippen LogP contribution is -2.37. The van der Waals surface area contributed by atoms with Crippen molar-refractivity contribution >= 4 is 19.8 Å². The predicted molar refractivity (Wildman–Crippen MR) is 235 cm³/mol. The van der Waals surface area contributed by atoms with Crippen LogP contribution in [0.2, 0.25) is 0 Å². The average Bonchev–Trinajstić information content (AvgIpc) is 3.15. The number of hydrogen-bond acceptors (Lipinski definition) is 8. The second-order valence-electron chi connectivity index (χ2n) is 16.3. The zero-order chi connectivity index (χ0) is 42.3. The number of allylic oxidation sites excluding steroid dienone is 7. The van der Waals surface area contributed by atoms with Crippen LogP contribution in [-0.2, 0) is 32.7 Å². The van der Waals surface area contributed by atoms with Crippen molar-refractivity contribution in [3.8, 4) is 0 Å². The third kappa shape index (κ3) is 41.9. The summed E-state index contributed by atoms with van der Waals surface area (Å²) < 4.78 is 34.2. The number of nitrogens with zero attached hydrogens (tertiary/aromatic N) is 1. The van der Waals surface area contributed by atoms with E-state index in [1.807, 2.05) is 57.6 Å². The number of unbranched alkanes of at least 4 members (excludes halogenated alkanes) is 17. The zero-order valence-electron chi connectivity index (χ0n) is 36.9. The molecular formula is C46H85NO9P+. The smallest absolute Gasteiger partial charge is 0.462 e.